The minimum atomic E-state index is -0.870. The molecule has 1 aliphatic rings. The predicted octanol–water partition coefficient (Wildman–Crippen LogP) is 1.68. The summed E-state index contributed by atoms with van der Waals surface area (Å²) < 4.78 is 10.5. The number of methoxy groups -OCH3 is 1. The zero-order valence-electron chi connectivity index (χ0n) is 16.5. The van der Waals surface area contributed by atoms with Gasteiger partial charge in [0.25, 0.3) is 17.7 Å². The van der Waals surface area contributed by atoms with Crippen LogP contribution < -0.4 is 15.2 Å². The van der Waals surface area contributed by atoms with Crippen LogP contribution in [0.4, 0.5) is 0 Å². The van der Waals surface area contributed by atoms with Gasteiger partial charge < -0.3 is 15.2 Å². The predicted molar refractivity (Wildman–Crippen MR) is 108 cm³/mol. The second-order valence-corrected chi connectivity index (χ2v) is 6.48. The maximum absolute atomic E-state index is 12.3. The third-order valence-electron chi connectivity index (χ3n) is 4.53. The van der Waals surface area contributed by atoms with E-state index in [1.165, 1.54) is 31.4 Å². The molecule has 9 nitrogen and oxygen atoms in total. The van der Waals surface area contributed by atoms with E-state index in [9.17, 15) is 19.2 Å². The monoisotopic (exact) mass is 419 g/mol. The van der Waals surface area contributed by atoms with Crippen molar-refractivity contribution in [3.8, 4) is 17.6 Å². The lowest BCUT2D eigenvalue weighted by Gasteiger charge is -2.14. The highest BCUT2D eigenvalue weighted by atomic mass is 16.6. The molecule has 2 aromatic carbocycles. The molecule has 0 unspecified atom stereocenters. The fourth-order valence-corrected chi connectivity index (χ4v) is 3.00. The number of esters is 1. The smallest absolute Gasteiger partial charge is 0.313 e. The van der Waals surface area contributed by atoms with Gasteiger partial charge in [-0.2, -0.15) is 5.26 Å². The number of benzene rings is 2. The average molecular weight is 419 g/mol. The minimum absolute atomic E-state index is 0.101. The van der Waals surface area contributed by atoms with Gasteiger partial charge in [-0.1, -0.05) is 18.2 Å². The lowest BCUT2D eigenvalue weighted by Crippen LogP contribution is -2.32. The molecule has 1 heterocycles. The van der Waals surface area contributed by atoms with E-state index < -0.39 is 23.7 Å². The molecule has 0 bridgehead atoms. The minimum Gasteiger partial charge on any atom is -0.493 e. The third kappa shape index (κ3) is 4.43. The highest BCUT2D eigenvalue weighted by Crippen LogP contribution is 2.29. The van der Waals surface area contributed by atoms with Crippen LogP contribution in [0.1, 0.15) is 32.7 Å². The lowest BCUT2D eigenvalue weighted by atomic mass is 10.1. The first kappa shape index (κ1) is 21.3. The summed E-state index contributed by atoms with van der Waals surface area (Å²) in [7, 11) is 1.36. The second-order valence-electron chi connectivity index (χ2n) is 6.48. The van der Waals surface area contributed by atoms with Gasteiger partial charge in [0.05, 0.1) is 24.7 Å². The Hall–Kier alpha value is -4.45. The van der Waals surface area contributed by atoms with E-state index >= 15 is 0 Å². The van der Waals surface area contributed by atoms with Crippen LogP contribution in [0, 0.1) is 11.3 Å². The fourth-order valence-electron chi connectivity index (χ4n) is 3.00. The van der Waals surface area contributed by atoms with Crippen molar-refractivity contribution in [2.75, 3.05) is 13.7 Å². The number of imide groups is 1. The lowest BCUT2D eigenvalue weighted by molar-refractivity contribution is -0.134. The number of hydrogen-bond acceptors (Lipinski definition) is 7. The number of nitrogens with two attached hydrogens (primary N) is 1. The van der Waals surface area contributed by atoms with E-state index in [2.05, 4.69) is 0 Å². The number of hydrogen-bond donors (Lipinski definition) is 1. The molecule has 3 amide bonds. The van der Waals surface area contributed by atoms with Crippen molar-refractivity contribution in [2.45, 2.75) is 6.42 Å². The molecule has 2 aromatic rings. The van der Waals surface area contributed by atoms with Crippen LogP contribution in [0.15, 0.2) is 48.0 Å². The first-order valence-corrected chi connectivity index (χ1v) is 9.11. The quantitative estimate of drug-likeness (QED) is 0.237. The van der Waals surface area contributed by atoms with E-state index in [1.54, 1.807) is 30.3 Å². The summed E-state index contributed by atoms with van der Waals surface area (Å²) in [6.45, 7) is -0.127. The van der Waals surface area contributed by atoms with Crippen molar-refractivity contribution in [3.05, 3.63) is 64.7 Å². The van der Waals surface area contributed by atoms with Gasteiger partial charge in [-0.3, -0.25) is 24.1 Å². The molecule has 0 atom stereocenters. The molecule has 3 rings (SSSR count). The zero-order chi connectivity index (χ0) is 22.5. The molecular weight excluding hydrogens is 402 g/mol. The summed E-state index contributed by atoms with van der Waals surface area (Å²) in [4.78, 5) is 49.2. The molecule has 156 valence electrons. The molecule has 0 aliphatic carbocycles. The number of ether oxygens (including phenoxy) is 2. The van der Waals surface area contributed by atoms with Crippen LogP contribution in [0.5, 0.6) is 11.5 Å². The summed E-state index contributed by atoms with van der Waals surface area (Å²) in [5.41, 5.74) is 5.92. The van der Waals surface area contributed by atoms with Gasteiger partial charge in [0.2, 0.25) is 0 Å². The Labute approximate surface area is 177 Å². The molecule has 0 spiro atoms. The van der Waals surface area contributed by atoms with Crippen LogP contribution in [0.3, 0.4) is 0 Å². The van der Waals surface area contributed by atoms with Crippen molar-refractivity contribution in [2.24, 2.45) is 5.73 Å². The number of carbonyl (C=O) groups excluding carboxylic acids is 4. The van der Waals surface area contributed by atoms with E-state index in [-0.39, 0.29) is 30.0 Å². The molecule has 0 aromatic heterocycles. The molecular formula is C22H17N3O6. The molecule has 2 N–H and O–H groups in total. The number of fused-ring (bicyclic) bond motifs is 1. The topological polar surface area (TPSA) is 140 Å². The van der Waals surface area contributed by atoms with Crippen molar-refractivity contribution in [1.82, 2.24) is 4.90 Å². The number of primary amides is 1. The van der Waals surface area contributed by atoms with E-state index in [4.69, 9.17) is 20.5 Å². The van der Waals surface area contributed by atoms with Gasteiger partial charge in [-0.05, 0) is 35.9 Å². The van der Waals surface area contributed by atoms with E-state index in [0.29, 0.717) is 16.7 Å². The summed E-state index contributed by atoms with van der Waals surface area (Å²) >= 11 is 0. The highest BCUT2D eigenvalue weighted by molar-refractivity contribution is 6.21. The summed E-state index contributed by atoms with van der Waals surface area (Å²) in [6, 6.07) is 12.5. The van der Waals surface area contributed by atoms with Crippen molar-refractivity contribution in [1.29, 1.82) is 5.26 Å². The number of nitriles is 1. The van der Waals surface area contributed by atoms with Gasteiger partial charge in [0.15, 0.2) is 11.5 Å². The van der Waals surface area contributed by atoms with E-state index in [1.807, 2.05) is 0 Å². The second kappa shape index (κ2) is 8.92. The Morgan fingerprint density at radius 2 is 1.74 bits per heavy atom. The Kier molecular flexibility index (Phi) is 6.12. The van der Waals surface area contributed by atoms with Crippen LogP contribution in [-0.4, -0.2) is 42.2 Å². The first-order valence-electron chi connectivity index (χ1n) is 9.11. The summed E-state index contributed by atoms with van der Waals surface area (Å²) in [6.07, 6.45) is 1.06. The van der Waals surface area contributed by atoms with Gasteiger partial charge in [0.1, 0.15) is 11.6 Å². The Morgan fingerprint density at radius 3 is 2.29 bits per heavy atom. The molecule has 0 radical (unpaired) electrons. The van der Waals surface area contributed by atoms with Crippen LogP contribution in [-0.2, 0) is 9.59 Å². The molecule has 1 aliphatic heterocycles. The van der Waals surface area contributed by atoms with Crippen molar-refractivity contribution >= 4 is 29.8 Å². The SMILES string of the molecule is COc1cc(/C=C(\C#N)C(N)=O)ccc1OC(=O)CCN1C(=O)c2ccccc2C1=O. The summed E-state index contributed by atoms with van der Waals surface area (Å²) in [5, 5.41) is 8.93. The first-order chi connectivity index (χ1) is 14.8. The van der Waals surface area contributed by atoms with Gasteiger partial charge in [-0.25, -0.2) is 0 Å². The molecule has 9 heteroatoms. The third-order valence-corrected chi connectivity index (χ3v) is 4.53. The Bertz CT molecular complexity index is 1130. The molecule has 0 fully saturated rings. The van der Waals surface area contributed by atoms with E-state index in [0.717, 1.165) is 4.90 Å². The molecule has 0 saturated heterocycles. The molecule has 0 saturated carbocycles. The number of carbonyl (C=O) groups is 4. The number of nitrogens with zero attached hydrogens (tertiary/aromatic N) is 2. The van der Waals surface area contributed by atoms with Crippen LogP contribution >= 0.6 is 0 Å². The fraction of sp³-hybridized carbons (Fsp3) is 0.136. The van der Waals surface area contributed by atoms with Gasteiger partial charge in [-0.15, -0.1) is 0 Å². The normalized spacial score (nSPS) is 12.9. The maximum Gasteiger partial charge on any atom is 0.313 e. The summed E-state index contributed by atoms with van der Waals surface area (Å²) in [5.74, 6) is -2.16. The number of amides is 3. The number of rotatable bonds is 7. The maximum atomic E-state index is 12.3. The molecule has 31 heavy (non-hydrogen) atoms. The van der Waals surface area contributed by atoms with Crippen molar-refractivity contribution < 1.29 is 28.7 Å². The Balaban J connectivity index is 1.67. The van der Waals surface area contributed by atoms with Gasteiger partial charge >= 0.3 is 5.97 Å². The van der Waals surface area contributed by atoms with Gasteiger partial charge in [0, 0.05) is 6.54 Å². The zero-order valence-corrected chi connectivity index (χ0v) is 16.5. The van der Waals surface area contributed by atoms with Crippen molar-refractivity contribution in [3.63, 3.8) is 0 Å². The highest BCUT2D eigenvalue weighted by Gasteiger charge is 2.35. The van der Waals surface area contributed by atoms with Crippen LogP contribution in [0.2, 0.25) is 0 Å². The Morgan fingerprint density at radius 1 is 1.10 bits per heavy atom. The van der Waals surface area contributed by atoms with Crippen LogP contribution in [0.25, 0.3) is 6.08 Å². The average Bonchev–Trinajstić information content (AvgIpc) is 3.01. The largest absolute Gasteiger partial charge is 0.493 e. The standard InChI is InChI=1S/C22H17N3O6/c1-30-18-11-13(10-14(12-23)20(24)27)6-7-17(18)31-19(26)8-9-25-21(28)15-4-2-3-5-16(15)22(25)29/h2-7,10-11H,8-9H2,1H3,(H2,24,27)/b14-10+.